The maximum atomic E-state index is 11.9. The highest BCUT2D eigenvalue weighted by Crippen LogP contribution is 2.24. The maximum Gasteiger partial charge on any atom is 0.250 e. The molecule has 25 heavy (non-hydrogen) atoms. The van der Waals surface area contributed by atoms with Crippen molar-refractivity contribution in [2.24, 2.45) is 5.10 Å². The van der Waals surface area contributed by atoms with Crippen LogP contribution in [0.1, 0.15) is 5.56 Å². The van der Waals surface area contributed by atoms with Crippen LogP contribution in [0.5, 0.6) is 5.75 Å². The number of aromatic amines is 1. The van der Waals surface area contributed by atoms with Crippen LogP contribution in [-0.2, 0) is 4.79 Å². The van der Waals surface area contributed by atoms with E-state index < -0.39 is 0 Å². The lowest BCUT2D eigenvalue weighted by Crippen LogP contribution is -2.19. The molecule has 0 saturated heterocycles. The van der Waals surface area contributed by atoms with Gasteiger partial charge in [-0.15, -0.1) is 0 Å². The van der Waals surface area contributed by atoms with E-state index in [1.54, 1.807) is 13.3 Å². The summed E-state index contributed by atoms with van der Waals surface area (Å²) in [6.45, 7) is 0. The topological polar surface area (TPSA) is 79.4 Å². The van der Waals surface area contributed by atoms with Gasteiger partial charge in [-0.1, -0.05) is 23.9 Å². The Kier molecular flexibility index (Phi) is 5.72. The number of H-pyrrole nitrogens is 1. The van der Waals surface area contributed by atoms with Crippen molar-refractivity contribution in [2.45, 2.75) is 5.16 Å². The number of imidazole rings is 1. The van der Waals surface area contributed by atoms with E-state index >= 15 is 0 Å². The number of halogens is 1. The fourth-order valence-corrected chi connectivity index (χ4v) is 3.34. The number of hydrogen-bond acceptors (Lipinski definition) is 5. The number of methoxy groups -OCH3 is 1. The normalized spacial score (nSPS) is 11.1. The van der Waals surface area contributed by atoms with Crippen molar-refractivity contribution in [1.29, 1.82) is 0 Å². The van der Waals surface area contributed by atoms with Crippen molar-refractivity contribution in [3.05, 3.63) is 52.5 Å². The zero-order valence-corrected chi connectivity index (χ0v) is 15.7. The van der Waals surface area contributed by atoms with Crippen LogP contribution in [0.15, 0.2) is 57.2 Å². The summed E-state index contributed by atoms with van der Waals surface area (Å²) < 4.78 is 5.99. The van der Waals surface area contributed by atoms with E-state index in [2.05, 4.69) is 36.4 Å². The van der Waals surface area contributed by atoms with Gasteiger partial charge in [-0.3, -0.25) is 4.79 Å². The van der Waals surface area contributed by atoms with Gasteiger partial charge in [-0.25, -0.2) is 10.4 Å². The second kappa shape index (κ2) is 8.17. The molecule has 0 saturated carbocycles. The fraction of sp³-hybridized carbons (Fsp3) is 0.118. The molecule has 0 atom stereocenters. The van der Waals surface area contributed by atoms with Crippen LogP contribution in [0.25, 0.3) is 11.0 Å². The first-order chi connectivity index (χ1) is 12.2. The third-order valence-electron chi connectivity index (χ3n) is 3.29. The first-order valence-electron chi connectivity index (χ1n) is 7.38. The second-order valence-electron chi connectivity index (χ2n) is 5.03. The Bertz CT molecular complexity index is 893. The summed E-state index contributed by atoms with van der Waals surface area (Å²) in [7, 11) is 1.60. The minimum atomic E-state index is -0.200. The first-order valence-corrected chi connectivity index (χ1v) is 9.16. The summed E-state index contributed by atoms with van der Waals surface area (Å²) in [6.07, 6.45) is 1.58. The number of rotatable bonds is 6. The number of carbonyl (C=O) groups excluding carboxylic acids is 1. The van der Waals surface area contributed by atoms with Crippen LogP contribution in [-0.4, -0.2) is 35.0 Å². The van der Waals surface area contributed by atoms with Crippen molar-refractivity contribution in [1.82, 2.24) is 15.4 Å². The number of para-hydroxylation sites is 2. The number of ether oxygens (including phenoxy) is 1. The van der Waals surface area contributed by atoms with Gasteiger partial charge in [0, 0.05) is 0 Å². The van der Waals surface area contributed by atoms with E-state index in [9.17, 15) is 4.79 Å². The Morgan fingerprint density at radius 1 is 1.40 bits per heavy atom. The van der Waals surface area contributed by atoms with Gasteiger partial charge in [-0.05, 0) is 51.8 Å². The summed E-state index contributed by atoms with van der Waals surface area (Å²) in [5, 5.41) is 4.67. The maximum absolute atomic E-state index is 11.9. The predicted molar refractivity (Wildman–Crippen MR) is 103 cm³/mol. The molecule has 128 valence electrons. The van der Waals surface area contributed by atoms with Gasteiger partial charge < -0.3 is 9.72 Å². The van der Waals surface area contributed by atoms with Crippen LogP contribution in [0.2, 0.25) is 0 Å². The largest absolute Gasteiger partial charge is 0.496 e. The van der Waals surface area contributed by atoms with Gasteiger partial charge in [0.2, 0.25) is 0 Å². The first kappa shape index (κ1) is 17.5. The summed E-state index contributed by atoms with van der Waals surface area (Å²) in [4.78, 5) is 19.4. The van der Waals surface area contributed by atoms with Crippen LogP contribution >= 0.6 is 27.7 Å². The number of thioether (sulfide) groups is 1. The zero-order chi connectivity index (χ0) is 17.6. The number of carbonyl (C=O) groups is 1. The van der Waals surface area contributed by atoms with E-state index in [-0.39, 0.29) is 11.7 Å². The molecule has 3 rings (SSSR count). The Morgan fingerprint density at radius 2 is 2.24 bits per heavy atom. The molecule has 1 amide bonds. The lowest BCUT2D eigenvalue weighted by molar-refractivity contribution is -0.118. The number of hydrazone groups is 1. The van der Waals surface area contributed by atoms with Crippen molar-refractivity contribution in [3.8, 4) is 5.75 Å². The lowest BCUT2D eigenvalue weighted by Gasteiger charge is -2.03. The summed E-state index contributed by atoms with van der Waals surface area (Å²) >= 11 is 4.74. The lowest BCUT2D eigenvalue weighted by atomic mass is 10.2. The molecule has 0 aliphatic heterocycles. The van der Waals surface area contributed by atoms with Crippen LogP contribution in [0.4, 0.5) is 0 Å². The van der Waals surface area contributed by atoms with Crippen LogP contribution < -0.4 is 10.2 Å². The zero-order valence-electron chi connectivity index (χ0n) is 13.3. The van der Waals surface area contributed by atoms with Gasteiger partial charge in [0.15, 0.2) is 5.16 Å². The Hall–Kier alpha value is -2.32. The molecular weight excluding hydrogens is 404 g/mol. The van der Waals surface area contributed by atoms with E-state index in [4.69, 9.17) is 4.74 Å². The van der Waals surface area contributed by atoms with Gasteiger partial charge in [0.25, 0.3) is 5.91 Å². The Labute approximate surface area is 157 Å². The molecule has 2 aromatic carbocycles. The molecule has 1 heterocycles. The number of benzene rings is 2. The smallest absolute Gasteiger partial charge is 0.250 e. The quantitative estimate of drug-likeness (QED) is 0.364. The molecule has 0 fully saturated rings. The number of hydrogen-bond donors (Lipinski definition) is 2. The van der Waals surface area contributed by atoms with E-state index in [0.717, 1.165) is 26.8 Å². The highest BCUT2D eigenvalue weighted by molar-refractivity contribution is 9.10. The molecule has 0 spiro atoms. The number of amides is 1. The van der Waals surface area contributed by atoms with Crippen molar-refractivity contribution in [3.63, 3.8) is 0 Å². The third-order valence-corrected chi connectivity index (χ3v) is 4.78. The summed E-state index contributed by atoms with van der Waals surface area (Å²) in [5.74, 6) is 0.765. The monoisotopic (exact) mass is 418 g/mol. The molecule has 2 N–H and O–H groups in total. The molecule has 3 aromatic rings. The number of nitrogens with zero attached hydrogens (tertiary/aromatic N) is 2. The van der Waals surface area contributed by atoms with Crippen LogP contribution in [0, 0.1) is 0 Å². The van der Waals surface area contributed by atoms with E-state index in [1.165, 1.54) is 11.8 Å². The number of nitrogens with one attached hydrogen (secondary N) is 2. The second-order valence-corrected chi connectivity index (χ2v) is 6.85. The SMILES string of the molecule is COc1ccc(/C=N\NC(=O)CSc2nc3ccccc3[nH]2)cc1Br. The highest BCUT2D eigenvalue weighted by atomic mass is 79.9. The number of fused-ring (bicyclic) bond motifs is 1. The average Bonchev–Trinajstić information content (AvgIpc) is 3.03. The molecule has 0 unspecified atom stereocenters. The fourth-order valence-electron chi connectivity index (χ4n) is 2.11. The predicted octanol–water partition coefficient (Wildman–Crippen LogP) is 3.58. The number of aromatic nitrogens is 2. The van der Waals surface area contributed by atoms with Gasteiger partial charge >= 0.3 is 0 Å². The molecule has 0 radical (unpaired) electrons. The Morgan fingerprint density at radius 3 is 3.00 bits per heavy atom. The molecule has 6 nitrogen and oxygen atoms in total. The third kappa shape index (κ3) is 4.61. The van der Waals surface area contributed by atoms with E-state index in [0.29, 0.717) is 5.16 Å². The van der Waals surface area contributed by atoms with E-state index in [1.807, 2.05) is 42.5 Å². The van der Waals surface area contributed by atoms with Gasteiger partial charge in [-0.2, -0.15) is 5.10 Å². The standard InChI is InChI=1S/C17H15BrN4O2S/c1-24-15-7-6-11(8-12(15)18)9-19-22-16(23)10-25-17-20-13-4-2-3-5-14(13)21-17/h2-9H,10H2,1H3,(H,20,21)(H,22,23)/b19-9-. The molecule has 0 aliphatic rings. The minimum absolute atomic E-state index is 0.200. The molecular formula is C17H15BrN4O2S. The van der Waals surface area contributed by atoms with Gasteiger partial charge in [0.05, 0.1) is 34.6 Å². The molecule has 1 aromatic heterocycles. The van der Waals surface area contributed by atoms with Crippen LogP contribution in [0.3, 0.4) is 0 Å². The van der Waals surface area contributed by atoms with Crippen molar-refractivity contribution >= 4 is 50.8 Å². The van der Waals surface area contributed by atoms with Gasteiger partial charge in [0.1, 0.15) is 5.75 Å². The molecule has 8 heteroatoms. The minimum Gasteiger partial charge on any atom is -0.496 e. The highest BCUT2D eigenvalue weighted by Gasteiger charge is 2.06. The average molecular weight is 419 g/mol. The Balaban J connectivity index is 1.51. The summed E-state index contributed by atoms with van der Waals surface area (Å²) in [6, 6.07) is 13.3. The molecule has 0 bridgehead atoms. The van der Waals surface area contributed by atoms with Crippen molar-refractivity contribution < 1.29 is 9.53 Å². The summed E-state index contributed by atoms with van der Waals surface area (Å²) in [5.41, 5.74) is 5.19. The van der Waals surface area contributed by atoms with Crippen molar-refractivity contribution in [2.75, 3.05) is 12.9 Å². The molecule has 0 aliphatic carbocycles.